The molecule has 0 radical (unpaired) electrons. The maximum Gasteiger partial charge on any atom is 0.319 e. The van der Waals surface area contributed by atoms with E-state index in [2.05, 4.69) is 21.2 Å². The summed E-state index contributed by atoms with van der Waals surface area (Å²) >= 11 is 5.85. The molecule has 3 amide bonds. The molecule has 10 nitrogen and oxygen atoms in total. The minimum absolute atomic E-state index is 0.00739. The number of carbonyl (C=O) groups excluding carboxylic acids is 2. The number of anilines is 1. The maximum atomic E-state index is 11.8. The van der Waals surface area contributed by atoms with Crippen LogP contribution in [0.5, 0.6) is 5.75 Å². The Morgan fingerprint density at radius 3 is 2.67 bits per heavy atom. The number of nitro groups is 1. The number of hydrogen-bond donors (Lipinski definition) is 4. The number of rotatable bonds is 6. The summed E-state index contributed by atoms with van der Waals surface area (Å²) in [6, 6.07) is 9.23. The summed E-state index contributed by atoms with van der Waals surface area (Å²) in [7, 11) is 0. The van der Waals surface area contributed by atoms with Crippen LogP contribution >= 0.6 is 11.6 Å². The Labute approximate surface area is 158 Å². The number of non-ortho nitro benzene ring substituents is 1. The van der Waals surface area contributed by atoms with Crippen LogP contribution in [0.4, 0.5) is 16.2 Å². The minimum Gasteiger partial charge on any atom is -0.507 e. The molecule has 0 spiro atoms. The van der Waals surface area contributed by atoms with Crippen molar-refractivity contribution in [3.8, 4) is 5.75 Å². The number of nitrogens with one attached hydrogen (secondary N) is 3. The summed E-state index contributed by atoms with van der Waals surface area (Å²) < 4.78 is 0. The summed E-state index contributed by atoms with van der Waals surface area (Å²) in [6.45, 7) is -0.380. The monoisotopic (exact) mass is 391 g/mol. The van der Waals surface area contributed by atoms with E-state index in [1.54, 1.807) is 18.2 Å². The van der Waals surface area contributed by atoms with E-state index >= 15 is 0 Å². The van der Waals surface area contributed by atoms with Crippen molar-refractivity contribution in [1.29, 1.82) is 0 Å². The van der Waals surface area contributed by atoms with E-state index in [-0.39, 0.29) is 28.7 Å². The topological polar surface area (TPSA) is 146 Å². The molecule has 0 aliphatic carbocycles. The molecule has 0 saturated carbocycles. The highest BCUT2D eigenvalue weighted by molar-refractivity contribution is 6.33. The van der Waals surface area contributed by atoms with Crippen molar-refractivity contribution in [2.75, 3.05) is 11.9 Å². The van der Waals surface area contributed by atoms with E-state index in [0.717, 1.165) is 6.07 Å². The van der Waals surface area contributed by atoms with E-state index in [9.17, 15) is 24.8 Å². The lowest BCUT2D eigenvalue weighted by Gasteiger charge is -2.08. The number of hydrazone groups is 1. The van der Waals surface area contributed by atoms with Crippen LogP contribution in [0.3, 0.4) is 0 Å². The van der Waals surface area contributed by atoms with Crippen LogP contribution in [0.2, 0.25) is 5.02 Å². The lowest BCUT2D eigenvalue weighted by Crippen LogP contribution is -2.37. The molecule has 0 unspecified atom stereocenters. The molecule has 0 aromatic heterocycles. The third-order valence-corrected chi connectivity index (χ3v) is 3.46. The molecule has 4 N–H and O–H groups in total. The number of amides is 3. The molecule has 0 heterocycles. The number of halogens is 1. The smallest absolute Gasteiger partial charge is 0.319 e. The predicted octanol–water partition coefficient (Wildman–Crippen LogP) is 2.23. The maximum absolute atomic E-state index is 11.8. The molecule has 0 saturated heterocycles. The number of phenolic OH excluding ortho intramolecular Hbond substituents is 1. The third kappa shape index (κ3) is 5.97. The highest BCUT2D eigenvalue weighted by Gasteiger charge is 2.12. The van der Waals surface area contributed by atoms with E-state index in [4.69, 9.17) is 11.6 Å². The number of carbonyl (C=O) groups is 2. The molecule has 0 bridgehead atoms. The Kier molecular flexibility index (Phi) is 6.67. The van der Waals surface area contributed by atoms with Gasteiger partial charge >= 0.3 is 6.03 Å². The number of phenols is 1. The van der Waals surface area contributed by atoms with Gasteiger partial charge in [-0.05, 0) is 18.2 Å². The average Bonchev–Trinajstić information content (AvgIpc) is 2.63. The molecule has 2 aromatic carbocycles. The molecule has 2 aromatic rings. The summed E-state index contributed by atoms with van der Waals surface area (Å²) in [6.07, 6.45) is 1.25. The molecule has 0 aliphatic heterocycles. The van der Waals surface area contributed by atoms with Gasteiger partial charge in [-0.25, -0.2) is 10.2 Å². The molecule has 2 rings (SSSR count). The van der Waals surface area contributed by atoms with Crippen molar-refractivity contribution in [2.45, 2.75) is 0 Å². The van der Waals surface area contributed by atoms with E-state index in [0.29, 0.717) is 5.56 Å². The van der Waals surface area contributed by atoms with Crippen molar-refractivity contribution < 1.29 is 19.6 Å². The quantitative estimate of drug-likeness (QED) is 0.339. The largest absolute Gasteiger partial charge is 0.507 e. The van der Waals surface area contributed by atoms with Crippen LogP contribution in [-0.4, -0.2) is 34.7 Å². The van der Waals surface area contributed by atoms with Gasteiger partial charge in [0.25, 0.3) is 11.6 Å². The summed E-state index contributed by atoms with van der Waals surface area (Å²) in [5.74, 6) is -0.598. The molecule has 0 fully saturated rings. The normalized spacial score (nSPS) is 10.4. The first-order chi connectivity index (χ1) is 12.9. The molecule has 27 heavy (non-hydrogen) atoms. The van der Waals surface area contributed by atoms with Crippen LogP contribution in [0.1, 0.15) is 5.56 Å². The van der Waals surface area contributed by atoms with Gasteiger partial charge in [-0.2, -0.15) is 5.10 Å². The van der Waals surface area contributed by atoms with Crippen molar-refractivity contribution in [1.82, 2.24) is 10.7 Å². The molecule has 0 atom stereocenters. The molecular weight excluding hydrogens is 378 g/mol. The van der Waals surface area contributed by atoms with Gasteiger partial charge in [0.2, 0.25) is 0 Å². The summed E-state index contributed by atoms with van der Waals surface area (Å²) in [5, 5.41) is 28.5. The van der Waals surface area contributed by atoms with Crippen LogP contribution in [0, 0.1) is 10.1 Å². The zero-order chi connectivity index (χ0) is 19.8. The molecule has 11 heteroatoms. The molecule has 0 aliphatic rings. The predicted molar refractivity (Wildman–Crippen MR) is 99.0 cm³/mol. The van der Waals surface area contributed by atoms with Crippen LogP contribution in [0.15, 0.2) is 47.6 Å². The number of nitrogens with zero attached hydrogens (tertiary/aromatic N) is 2. The highest BCUT2D eigenvalue weighted by atomic mass is 35.5. The first-order valence-electron chi connectivity index (χ1n) is 7.45. The van der Waals surface area contributed by atoms with Gasteiger partial charge in [0.1, 0.15) is 12.3 Å². The van der Waals surface area contributed by atoms with E-state index in [1.165, 1.54) is 24.4 Å². The van der Waals surface area contributed by atoms with E-state index < -0.39 is 16.9 Å². The fourth-order valence-electron chi connectivity index (χ4n) is 1.86. The van der Waals surface area contributed by atoms with Crippen LogP contribution in [0.25, 0.3) is 0 Å². The highest BCUT2D eigenvalue weighted by Crippen LogP contribution is 2.26. The Morgan fingerprint density at radius 2 is 2.00 bits per heavy atom. The van der Waals surface area contributed by atoms with Gasteiger partial charge in [-0.3, -0.25) is 14.9 Å². The second kappa shape index (κ2) is 9.15. The zero-order valence-corrected chi connectivity index (χ0v) is 14.4. The van der Waals surface area contributed by atoms with Crippen molar-refractivity contribution >= 4 is 41.1 Å². The fraction of sp³-hybridized carbons (Fsp3) is 0.0625. The number of aromatic hydroxyl groups is 1. The second-order valence-corrected chi connectivity index (χ2v) is 5.49. The Balaban J connectivity index is 1.80. The summed E-state index contributed by atoms with van der Waals surface area (Å²) in [4.78, 5) is 33.4. The number of urea groups is 1. The second-order valence-electron chi connectivity index (χ2n) is 5.08. The van der Waals surface area contributed by atoms with Gasteiger partial charge in [0.05, 0.1) is 21.8 Å². The number of hydrogen-bond acceptors (Lipinski definition) is 6. The number of nitro benzene ring substituents is 1. The minimum atomic E-state index is -0.731. The molecular formula is C16H14ClN5O5. The lowest BCUT2D eigenvalue weighted by molar-refractivity contribution is -0.384. The first-order valence-corrected chi connectivity index (χ1v) is 7.83. The number of benzene rings is 2. The standard InChI is InChI=1S/C16H14ClN5O5/c17-12-7-11(22(26)27)5-6-13(12)20-16(25)18-9-15(24)21-19-8-10-3-1-2-4-14(10)23/h1-8,23H,9H2,(H,21,24)(H2,18,20,25)/b19-8+. The van der Waals surface area contributed by atoms with Crippen LogP contribution < -0.4 is 16.1 Å². The third-order valence-electron chi connectivity index (χ3n) is 3.15. The summed E-state index contributed by atoms with van der Waals surface area (Å²) in [5.41, 5.74) is 2.53. The van der Waals surface area contributed by atoms with Crippen molar-refractivity contribution in [3.05, 3.63) is 63.2 Å². The van der Waals surface area contributed by atoms with Crippen LogP contribution in [-0.2, 0) is 4.79 Å². The van der Waals surface area contributed by atoms with Crippen molar-refractivity contribution in [3.63, 3.8) is 0 Å². The zero-order valence-electron chi connectivity index (χ0n) is 13.7. The Morgan fingerprint density at radius 1 is 1.26 bits per heavy atom. The fourth-order valence-corrected chi connectivity index (χ4v) is 2.08. The SMILES string of the molecule is O=C(CNC(=O)Nc1ccc([N+](=O)[O-])cc1Cl)N/N=C/c1ccccc1O. The molecule has 140 valence electrons. The van der Waals surface area contributed by atoms with E-state index in [1.807, 2.05) is 0 Å². The first kappa shape index (κ1) is 19.7. The van der Waals surface area contributed by atoms with Crippen molar-refractivity contribution in [2.24, 2.45) is 5.10 Å². The van der Waals surface area contributed by atoms with Gasteiger partial charge in [-0.1, -0.05) is 23.7 Å². The Bertz CT molecular complexity index is 903. The van der Waals surface area contributed by atoms with Gasteiger partial charge in [0.15, 0.2) is 0 Å². The Hall–Kier alpha value is -3.66. The average molecular weight is 392 g/mol. The van der Waals surface area contributed by atoms with Gasteiger partial charge < -0.3 is 15.7 Å². The lowest BCUT2D eigenvalue weighted by atomic mass is 10.2. The number of para-hydroxylation sites is 1. The van der Waals surface area contributed by atoms with Gasteiger partial charge in [0, 0.05) is 17.7 Å². The van der Waals surface area contributed by atoms with Gasteiger partial charge in [-0.15, -0.1) is 0 Å².